The van der Waals surface area contributed by atoms with Crippen LogP contribution in [-0.4, -0.2) is 39.3 Å². The SMILES string of the molecule is COc1ccc(CC(C)(CN)NCC(F)F)cc1OC. The van der Waals surface area contributed by atoms with E-state index in [4.69, 9.17) is 15.2 Å². The van der Waals surface area contributed by atoms with Crippen molar-refractivity contribution in [1.82, 2.24) is 5.32 Å². The number of methoxy groups -OCH3 is 2. The zero-order valence-electron chi connectivity index (χ0n) is 12.1. The Morgan fingerprint density at radius 2 is 1.90 bits per heavy atom. The second-order valence-corrected chi connectivity index (χ2v) is 4.90. The monoisotopic (exact) mass is 288 g/mol. The molecule has 0 aliphatic rings. The Morgan fingerprint density at radius 1 is 1.25 bits per heavy atom. The van der Waals surface area contributed by atoms with Gasteiger partial charge in [0.2, 0.25) is 0 Å². The van der Waals surface area contributed by atoms with E-state index in [0.29, 0.717) is 17.9 Å². The third-order valence-corrected chi connectivity index (χ3v) is 3.18. The van der Waals surface area contributed by atoms with E-state index >= 15 is 0 Å². The fourth-order valence-electron chi connectivity index (χ4n) is 1.97. The van der Waals surface area contributed by atoms with Crippen LogP contribution in [0.4, 0.5) is 8.78 Å². The molecule has 0 saturated heterocycles. The molecule has 3 N–H and O–H groups in total. The highest BCUT2D eigenvalue weighted by atomic mass is 19.3. The molecule has 0 spiro atoms. The van der Waals surface area contributed by atoms with Gasteiger partial charge < -0.3 is 20.5 Å². The molecule has 4 nitrogen and oxygen atoms in total. The van der Waals surface area contributed by atoms with Gasteiger partial charge in [-0.25, -0.2) is 8.78 Å². The van der Waals surface area contributed by atoms with Crippen molar-refractivity contribution in [3.8, 4) is 11.5 Å². The Hall–Kier alpha value is -1.40. The van der Waals surface area contributed by atoms with Gasteiger partial charge in [-0.1, -0.05) is 6.07 Å². The molecular formula is C14H22F2N2O2. The van der Waals surface area contributed by atoms with E-state index in [-0.39, 0.29) is 13.1 Å². The van der Waals surface area contributed by atoms with Crippen LogP contribution < -0.4 is 20.5 Å². The highest BCUT2D eigenvalue weighted by Gasteiger charge is 2.24. The average Bonchev–Trinajstić information content (AvgIpc) is 2.45. The number of ether oxygens (including phenoxy) is 2. The summed E-state index contributed by atoms with van der Waals surface area (Å²) in [6, 6.07) is 5.49. The summed E-state index contributed by atoms with van der Waals surface area (Å²) in [6.45, 7) is 1.71. The van der Waals surface area contributed by atoms with Gasteiger partial charge in [0, 0.05) is 12.1 Å². The van der Waals surface area contributed by atoms with Crippen molar-refractivity contribution in [1.29, 1.82) is 0 Å². The molecule has 0 aliphatic heterocycles. The molecule has 1 rings (SSSR count). The lowest BCUT2D eigenvalue weighted by molar-refractivity contribution is 0.132. The Morgan fingerprint density at radius 3 is 2.40 bits per heavy atom. The van der Waals surface area contributed by atoms with Crippen LogP contribution in [0.5, 0.6) is 11.5 Å². The van der Waals surface area contributed by atoms with Gasteiger partial charge in [-0.15, -0.1) is 0 Å². The van der Waals surface area contributed by atoms with E-state index in [1.165, 1.54) is 0 Å². The molecule has 0 amide bonds. The second-order valence-electron chi connectivity index (χ2n) is 4.90. The summed E-state index contributed by atoms with van der Waals surface area (Å²) in [4.78, 5) is 0. The lowest BCUT2D eigenvalue weighted by Gasteiger charge is -2.30. The number of nitrogens with two attached hydrogens (primary N) is 1. The summed E-state index contributed by atoms with van der Waals surface area (Å²) in [5.41, 5.74) is 6.06. The molecule has 0 bridgehead atoms. The maximum atomic E-state index is 12.3. The molecule has 0 aliphatic carbocycles. The summed E-state index contributed by atoms with van der Waals surface area (Å²) < 4.78 is 35.0. The summed E-state index contributed by atoms with van der Waals surface area (Å²) >= 11 is 0. The number of halogens is 2. The predicted molar refractivity (Wildman–Crippen MR) is 74.7 cm³/mol. The summed E-state index contributed by atoms with van der Waals surface area (Å²) in [7, 11) is 3.12. The minimum atomic E-state index is -2.40. The zero-order chi connectivity index (χ0) is 15.2. The summed E-state index contributed by atoms with van der Waals surface area (Å²) in [5.74, 6) is 1.24. The normalized spacial score (nSPS) is 14.2. The molecule has 1 aromatic rings. The van der Waals surface area contributed by atoms with E-state index in [2.05, 4.69) is 5.32 Å². The molecule has 0 fully saturated rings. The first kappa shape index (κ1) is 16.7. The molecule has 1 aromatic carbocycles. The van der Waals surface area contributed by atoms with Crippen molar-refractivity contribution in [2.45, 2.75) is 25.3 Å². The van der Waals surface area contributed by atoms with Gasteiger partial charge in [0.25, 0.3) is 6.43 Å². The molecule has 6 heteroatoms. The molecule has 1 unspecified atom stereocenters. The Balaban J connectivity index is 2.83. The van der Waals surface area contributed by atoms with Crippen LogP contribution in [-0.2, 0) is 6.42 Å². The quantitative estimate of drug-likeness (QED) is 0.766. The van der Waals surface area contributed by atoms with Crippen LogP contribution >= 0.6 is 0 Å². The van der Waals surface area contributed by atoms with Gasteiger partial charge in [0.15, 0.2) is 11.5 Å². The summed E-state index contributed by atoms with van der Waals surface area (Å²) in [6.07, 6.45) is -1.87. The Bertz CT molecular complexity index is 430. The average molecular weight is 288 g/mol. The number of hydrogen-bond acceptors (Lipinski definition) is 4. The lowest BCUT2D eigenvalue weighted by atomic mass is 9.92. The van der Waals surface area contributed by atoms with E-state index < -0.39 is 12.0 Å². The van der Waals surface area contributed by atoms with Crippen molar-refractivity contribution >= 4 is 0 Å². The third kappa shape index (κ3) is 4.61. The van der Waals surface area contributed by atoms with Crippen molar-refractivity contribution in [3.05, 3.63) is 23.8 Å². The van der Waals surface area contributed by atoms with Crippen LogP contribution in [0, 0.1) is 0 Å². The standard InChI is InChI=1S/C14H22F2N2O2/c1-14(9-17,18-8-13(15)16)7-10-4-5-11(19-2)12(6-10)20-3/h4-6,13,18H,7-9,17H2,1-3H3. The third-order valence-electron chi connectivity index (χ3n) is 3.18. The Labute approximate surface area is 118 Å². The van der Waals surface area contributed by atoms with Crippen LogP contribution in [0.3, 0.4) is 0 Å². The molecule has 114 valence electrons. The van der Waals surface area contributed by atoms with Crippen LogP contribution in [0.25, 0.3) is 0 Å². The van der Waals surface area contributed by atoms with Crippen molar-refractivity contribution in [2.75, 3.05) is 27.3 Å². The minimum absolute atomic E-state index is 0.258. The lowest BCUT2D eigenvalue weighted by Crippen LogP contribution is -2.51. The fourth-order valence-corrected chi connectivity index (χ4v) is 1.97. The molecule has 0 saturated carbocycles. The van der Waals surface area contributed by atoms with Crippen molar-refractivity contribution < 1.29 is 18.3 Å². The van der Waals surface area contributed by atoms with Crippen LogP contribution in [0.2, 0.25) is 0 Å². The van der Waals surface area contributed by atoms with Gasteiger partial charge in [-0.2, -0.15) is 0 Å². The van der Waals surface area contributed by atoms with Crippen molar-refractivity contribution in [2.24, 2.45) is 5.73 Å². The Kier molecular flexibility index (Phi) is 6.16. The minimum Gasteiger partial charge on any atom is -0.493 e. The molecule has 20 heavy (non-hydrogen) atoms. The van der Waals surface area contributed by atoms with Gasteiger partial charge in [-0.05, 0) is 31.0 Å². The van der Waals surface area contributed by atoms with Gasteiger partial charge >= 0.3 is 0 Å². The molecule has 0 heterocycles. The maximum Gasteiger partial charge on any atom is 0.250 e. The zero-order valence-corrected chi connectivity index (χ0v) is 12.1. The van der Waals surface area contributed by atoms with Gasteiger partial charge in [0.1, 0.15) is 0 Å². The first-order valence-electron chi connectivity index (χ1n) is 6.38. The first-order valence-corrected chi connectivity index (χ1v) is 6.38. The largest absolute Gasteiger partial charge is 0.493 e. The molecular weight excluding hydrogens is 266 g/mol. The van der Waals surface area contributed by atoms with Crippen molar-refractivity contribution in [3.63, 3.8) is 0 Å². The number of alkyl halides is 2. The highest BCUT2D eigenvalue weighted by molar-refractivity contribution is 5.43. The van der Waals surface area contributed by atoms with E-state index in [1.807, 2.05) is 19.1 Å². The van der Waals surface area contributed by atoms with E-state index in [1.54, 1.807) is 20.3 Å². The predicted octanol–water partition coefficient (Wildman–Crippen LogP) is 1.82. The van der Waals surface area contributed by atoms with Crippen LogP contribution in [0.15, 0.2) is 18.2 Å². The van der Waals surface area contributed by atoms with E-state index in [0.717, 1.165) is 5.56 Å². The molecule has 0 radical (unpaired) electrons. The molecule has 0 aromatic heterocycles. The topological polar surface area (TPSA) is 56.5 Å². The van der Waals surface area contributed by atoms with Gasteiger partial charge in [-0.3, -0.25) is 0 Å². The van der Waals surface area contributed by atoms with E-state index in [9.17, 15) is 8.78 Å². The molecule has 1 atom stereocenters. The fraction of sp³-hybridized carbons (Fsp3) is 0.571. The number of nitrogens with one attached hydrogen (secondary N) is 1. The second kappa shape index (κ2) is 7.40. The first-order chi connectivity index (χ1) is 9.44. The van der Waals surface area contributed by atoms with Gasteiger partial charge in [0.05, 0.1) is 20.8 Å². The number of benzene rings is 1. The summed E-state index contributed by atoms with van der Waals surface area (Å²) in [5, 5.41) is 2.81. The number of hydrogen-bond donors (Lipinski definition) is 2. The smallest absolute Gasteiger partial charge is 0.250 e. The highest BCUT2D eigenvalue weighted by Crippen LogP contribution is 2.28. The van der Waals surface area contributed by atoms with Crippen LogP contribution in [0.1, 0.15) is 12.5 Å². The number of rotatable bonds is 8. The maximum absolute atomic E-state index is 12.3.